The fourth-order valence-electron chi connectivity index (χ4n) is 2.20. The lowest BCUT2D eigenvalue weighted by Crippen LogP contribution is -2.39. The highest BCUT2D eigenvalue weighted by molar-refractivity contribution is 8.00. The third-order valence-electron chi connectivity index (χ3n) is 3.13. The maximum atomic E-state index is 12.4. The highest BCUT2D eigenvalue weighted by Gasteiger charge is 2.27. The Morgan fingerprint density at radius 3 is 2.78 bits per heavy atom. The van der Waals surface area contributed by atoms with Gasteiger partial charge in [-0.15, -0.1) is 11.8 Å². The third-order valence-corrected chi connectivity index (χ3v) is 4.50. The molecule has 4 heteroatoms. The van der Waals surface area contributed by atoms with Gasteiger partial charge in [-0.1, -0.05) is 30.3 Å². The number of hydrogen-bond donors (Lipinski definition) is 1. The van der Waals surface area contributed by atoms with Crippen LogP contribution in [-0.2, 0) is 11.3 Å². The average molecular weight is 264 g/mol. The second-order valence-electron chi connectivity index (χ2n) is 4.54. The SMILES string of the molecule is NCCN(Cc1ccccc1)C(=O)C1CCCS1. The number of carbonyl (C=O) groups is 1. The van der Waals surface area contributed by atoms with Crippen molar-refractivity contribution in [2.45, 2.75) is 24.6 Å². The number of benzene rings is 1. The van der Waals surface area contributed by atoms with E-state index in [4.69, 9.17) is 5.73 Å². The zero-order chi connectivity index (χ0) is 12.8. The van der Waals surface area contributed by atoms with Gasteiger partial charge in [-0.25, -0.2) is 0 Å². The van der Waals surface area contributed by atoms with Crippen molar-refractivity contribution in [1.29, 1.82) is 0 Å². The number of rotatable bonds is 5. The first-order valence-corrected chi connectivity index (χ1v) is 7.50. The van der Waals surface area contributed by atoms with Crippen LogP contribution in [0.3, 0.4) is 0 Å². The number of amides is 1. The summed E-state index contributed by atoms with van der Waals surface area (Å²) in [4.78, 5) is 14.3. The number of carbonyl (C=O) groups excluding carboxylic acids is 1. The molecule has 0 aromatic heterocycles. The summed E-state index contributed by atoms with van der Waals surface area (Å²) >= 11 is 1.78. The fourth-order valence-corrected chi connectivity index (χ4v) is 3.45. The highest BCUT2D eigenvalue weighted by Crippen LogP contribution is 2.28. The quantitative estimate of drug-likeness (QED) is 0.883. The molecule has 1 atom stereocenters. The van der Waals surface area contributed by atoms with Crippen molar-refractivity contribution in [1.82, 2.24) is 4.90 Å². The van der Waals surface area contributed by atoms with Gasteiger partial charge in [0, 0.05) is 19.6 Å². The van der Waals surface area contributed by atoms with Crippen molar-refractivity contribution in [3.8, 4) is 0 Å². The lowest BCUT2D eigenvalue weighted by atomic mass is 10.2. The molecule has 0 spiro atoms. The number of nitrogens with zero attached hydrogens (tertiary/aromatic N) is 1. The van der Waals surface area contributed by atoms with Crippen LogP contribution in [0.15, 0.2) is 30.3 Å². The van der Waals surface area contributed by atoms with Crippen molar-refractivity contribution in [2.75, 3.05) is 18.8 Å². The highest BCUT2D eigenvalue weighted by atomic mass is 32.2. The summed E-state index contributed by atoms with van der Waals surface area (Å²) in [5.74, 6) is 1.37. The molecule has 1 saturated heterocycles. The Kier molecular flexibility index (Phi) is 5.08. The van der Waals surface area contributed by atoms with Crippen LogP contribution in [0.4, 0.5) is 0 Å². The van der Waals surface area contributed by atoms with E-state index in [-0.39, 0.29) is 11.2 Å². The van der Waals surface area contributed by atoms with Gasteiger partial charge in [0.2, 0.25) is 5.91 Å². The van der Waals surface area contributed by atoms with Gasteiger partial charge in [0.05, 0.1) is 5.25 Å². The molecule has 1 aromatic rings. The molecule has 1 aliphatic heterocycles. The van der Waals surface area contributed by atoms with E-state index < -0.39 is 0 Å². The Morgan fingerprint density at radius 2 is 2.17 bits per heavy atom. The van der Waals surface area contributed by atoms with Crippen molar-refractivity contribution in [3.05, 3.63) is 35.9 Å². The molecule has 2 rings (SSSR count). The maximum Gasteiger partial charge on any atom is 0.236 e. The van der Waals surface area contributed by atoms with Crippen LogP contribution in [0.5, 0.6) is 0 Å². The zero-order valence-electron chi connectivity index (χ0n) is 10.5. The van der Waals surface area contributed by atoms with Crippen molar-refractivity contribution < 1.29 is 4.79 Å². The molecule has 1 fully saturated rings. The Labute approximate surface area is 113 Å². The Bertz CT molecular complexity index is 377. The van der Waals surface area contributed by atoms with Crippen molar-refractivity contribution in [3.63, 3.8) is 0 Å². The first-order valence-electron chi connectivity index (χ1n) is 6.45. The van der Waals surface area contributed by atoms with Crippen LogP contribution in [0, 0.1) is 0 Å². The second kappa shape index (κ2) is 6.81. The predicted octanol–water partition coefficient (Wildman–Crippen LogP) is 1.87. The van der Waals surface area contributed by atoms with Crippen molar-refractivity contribution >= 4 is 17.7 Å². The molecule has 0 saturated carbocycles. The van der Waals surface area contributed by atoms with Gasteiger partial charge in [0.15, 0.2) is 0 Å². The normalized spacial score (nSPS) is 18.8. The topological polar surface area (TPSA) is 46.3 Å². The summed E-state index contributed by atoms with van der Waals surface area (Å²) in [6.07, 6.45) is 2.17. The second-order valence-corrected chi connectivity index (χ2v) is 5.85. The standard InChI is InChI=1S/C14H20N2OS/c15-8-9-16(11-12-5-2-1-3-6-12)14(17)13-7-4-10-18-13/h1-3,5-6,13H,4,7-11,15H2. The van der Waals surface area contributed by atoms with Gasteiger partial charge in [-0.05, 0) is 24.2 Å². The average Bonchev–Trinajstić information content (AvgIpc) is 2.92. The minimum Gasteiger partial charge on any atom is -0.336 e. The molecule has 1 aromatic carbocycles. The Hall–Kier alpha value is -1.000. The van der Waals surface area contributed by atoms with E-state index in [9.17, 15) is 4.79 Å². The summed E-state index contributed by atoms with van der Waals surface area (Å²) in [6, 6.07) is 10.1. The van der Waals surface area contributed by atoms with Gasteiger partial charge in [-0.3, -0.25) is 4.79 Å². The first-order chi connectivity index (χ1) is 8.81. The van der Waals surface area contributed by atoms with Crippen LogP contribution in [0.25, 0.3) is 0 Å². The molecular weight excluding hydrogens is 244 g/mol. The largest absolute Gasteiger partial charge is 0.336 e. The van der Waals surface area contributed by atoms with E-state index in [1.54, 1.807) is 11.8 Å². The van der Waals surface area contributed by atoms with Gasteiger partial charge < -0.3 is 10.6 Å². The number of hydrogen-bond acceptors (Lipinski definition) is 3. The molecule has 98 valence electrons. The van der Waals surface area contributed by atoms with E-state index in [0.717, 1.165) is 18.6 Å². The summed E-state index contributed by atoms with van der Waals surface area (Å²) in [7, 11) is 0. The fraction of sp³-hybridized carbons (Fsp3) is 0.500. The van der Waals surface area contributed by atoms with E-state index >= 15 is 0 Å². The molecule has 18 heavy (non-hydrogen) atoms. The number of thioether (sulfide) groups is 1. The number of nitrogens with two attached hydrogens (primary N) is 1. The summed E-state index contributed by atoms with van der Waals surface area (Å²) in [5, 5.41) is 0.153. The van der Waals surface area contributed by atoms with Crippen LogP contribution in [-0.4, -0.2) is 34.9 Å². The smallest absolute Gasteiger partial charge is 0.236 e. The van der Waals surface area contributed by atoms with E-state index in [0.29, 0.717) is 19.6 Å². The van der Waals surface area contributed by atoms with Gasteiger partial charge in [0.25, 0.3) is 0 Å². The zero-order valence-corrected chi connectivity index (χ0v) is 11.4. The molecule has 3 nitrogen and oxygen atoms in total. The molecule has 1 unspecified atom stereocenters. The summed E-state index contributed by atoms with van der Waals surface area (Å²) in [6.45, 7) is 1.84. The maximum absolute atomic E-state index is 12.4. The minimum absolute atomic E-state index is 0.153. The van der Waals surface area contributed by atoms with Crippen LogP contribution >= 0.6 is 11.8 Å². The Morgan fingerprint density at radius 1 is 1.39 bits per heavy atom. The van der Waals surface area contributed by atoms with E-state index in [1.165, 1.54) is 5.56 Å². The molecule has 1 aliphatic rings. The molecule has 0 bridgehead atoms. The van der Waals surface area contributed by atoms with Crippen LogP contribution in [0.1, 0.15) is 18.4 Å². The molecular formula is C14H20N2OS. The van der Waals surface area contributed by atoms with Crippen molar-refractivity contribution in [2.24, 2.45) is 5.73 Å². The van der Waals surface area contributed by atoms with Gasteiger partial charge in [-0.2, -0.15) is 0 Å². The third kappa shape index (κ3) is 3.50. The summed E-state index contributed by atoms with van der Waals surface area (Å²) in [5.41, 5.74) is 6.79. The minimum atomic E-state index is 0.153. The molecule has 0 radical (unpaired) electrons. The van der Waals surface area contributed by atoms with Gasteiger partial charge in [0.1, 0.15) is 0 Å². The first kappa shape index (κ1) is 13.4. The molecule has 1 amide bonds. The Balaban J connectivity index is 2.00. The van der Waals surface area contributed by atoms with E-state index in [2.05, 4.69) is 12.1 Å². The molecule has 2 N–H and O–H groups in total. The van der Waals surface area contributed by atoms with Crippen LogP contribution in [0.2, 0.25) is 0 Å². The molecule has 0 aliphatic carbocycles. The van der Waals surface area contributed by atoms with Gasteiger partial charge >= 0.3 is 0 Å². The lowest BCUT2D eigenvalue weighted by molar-refractivity contribution is -0.131. The van der Waals surface area contributed by atoms with Crippen LogP contribution < -0.4 is 5.73 Å². The molecule has 1 heterocycles. The summed E-state index contributed by atoms with van der Waals surface area (Å²) < 4.78 is 0. The predicted molar refractivity (Wildman–Crippen MR) is 76.4 cm³/mol. The lowest BCUT2D eigenvalue weighted by Gasteiger charge is -2.25. The monoisotopic (exact) mass is 264 g/mol. The van der Waals surface area contributed by atoms with E-state index in [1.807, 2.05) is 23.1 Å².